The average molecular weight is 487 g/mol. The molecule has 6 nitrogen and oxygen atoms in total. The molecule has 2 heterocycles. The van der Waals surface area contributed by atoms with E-state index in [1.165, 1.54) is 35.7 Å². The molecule has 9 heteroatoms. The molecule has 1 atom stereocenters. The second kappa shape index (κ2) is 9.27. The molecule has 0 N–H and O–H groups in total. The summed E-state index contributed by atoms with van der Waals surface area (Å²) in [4.78, 5) is 19.0. The smallest absolute Gasteiger partial charge is 0.247 e. The zero-order chi connectivity index (χ0) is 23.9. The van der Waals surface area contributed by atoms with Gasteiger partial charge in [0.2, 0.25) is 23.2 Å². The highest BCUT2D eigenvalue weighted by Gasteiger charge is 2.38. The molecule has 0 unspecified atom stereocenters. The molecule has 0 saturated heterocycles. The molecule has 4 rings (SSSR count). The van der Waals surface area contributed by atoms with Crippen molar-refractivity contribution in [3.63, 3.8) is 0 Å². The highest BCUT2D eigenvalue weighted by Crippen LogP contribution is 2.46. The molecule has 1 aliphatic rings. The van der Waals surface area contributed by atoms with E-state index in [-0.39, 0.29) is 22.4 Å². The lowest BCUT2D eigenvalue weighted by molar-refractivity contribution is -0.118. The maximum absolute atomic E-state index is 15.1. The van der Waals surface area contributed by atoms with Crippen LogP contribution < -0.4 is 9.64 Å². The van der Waals surface area contributed by atoms with E-state index in [1.807, 2.05) is 26.0 Å². The normalized spacial score (nSPS) is 15.0. The number of fused-ring (bicyclic) bond motifs is 3. The molecule has 1 aliphatic heterocycles. The first kappa shape index (κ1) is 23.4. The van der Waals surface area contributed by atoms with Crippen molar-refractivity contribution in [1.82, 2.24) is 15.2 Å². The lowest BCUT2D eigenvalue weighted by atomic mass is 10.00. The quantitative estimate of drug-likeness (QED) is 0.412. The monoisotopic (exact) mass is 486 g/mol. The van der Waals surface area contributed by atoms with E-state index in [0.717, 1.165) is 16.9 Å². The summed E-state index contributed by atoms with van der Waals surface area (Å²) in [6.45, 7) is 9.45. The van der Waals surface area contributed by atoms with E-state index >= 15 is 4.39 Å². The Morgan fingerprint density at radius 3 is 2.70 bits per heavy atom. The Hall–Kier alpha value is -2.71. The lowest BCUT2D eigenvalue weighted by Gasteiger charge is -2.31. The van der Waals surface area contributed by atoms with Crippen molar-refractivity contribution in [3.8, 4) is 17.1 Å². The first-order chi connectivity index (χ1) is 15.7. The highest BCUT2D eigenvalue weighted by molar-refractivity contribution is 7.99. The zero-order valence-corrected chi connectivity index (χ0v) is 20.6. The summed E-state index contributed by atoms with van der Waals surface area (Å²) >= 11 is 7.87. The summed E-state index contributed by atoms with van der Waals surface area (Å²) < 4.78 is 21.3. The number of hydrogen-bond acceptors (Lipinski definition) is 6. The topological polar surface area (TPSA) is 68.2 Å². The van der Waals surface area contributed by atoms with Crippen LogP contribution in [0.15, 0.2) is 35.5 Å². The van der Waals surface area contributed by atoms with Crippen molar-refractivity contribution in [3.05, 3.63) is 57.9 Å². The zero-order valence-electron chi connectivity index (χ0n) is 19.0. The van der Waals surface area contributed by atoms with Gasteiger partial charge >= 0.3 is 0 Å². The Balaban J connectivity index is 1.99. The predicted molar refractivity (Wildman–Crippen MR) is 128 cm³/mol. The molecular formula is C24H24ClFN4O2S. The highest BCUT2D eigenvalue weighted by atomic mass is 35.5. The van der Waals surface area contributed by atoms with Crippen molar-refractivity contribution in [1.29, 1.82) is 0 Å². The third-order valence-electron chi connectivity index (χ3n) is 5.17. The standard InChI is InChI=1S/C24H24ClFN4O2S/c1-12(2)11-33-24-27-22-20(28-29-24)16-10-13(3)9-14(4)21(16)30(15(5)31)23(32-22)19-17(25)7-6-8-18(19)26/h6-10,12,23H,11H2,1-5H3/t23-/m1/s1. The van der Waals surface area contributed by atoms with Crippen molar-refractivity contribution < 1.29 is 13.9 Å². The van der Waals surface area contributed by atoms with E-state index in [9.17, 15) is 4.79 Å². The van der Waals surface area contributed by atoms with Gasteiger partial charge < -0.3 is 4.74 Å². The third-order valence-corrected chi connectivity index (χ3v) is 6.76. The Kier molecular flexibility index (Phi) is 6.59. The second-order valence-corrected chi connectivity index (χ2v) is 9.82. The maximum atomic E-state index is 15.1. The van der Waals surface area contributed by atoms with Crippen molar-refractivity contribution in [2.75, 3.05) is 10.7 Å². The maximum Gasteiger partial charge on any atom is 0.247 e. The molecule has 2 aromatic carbocycles. The van der Waals surface area contributed by atoms with Crippen molar-refractivity contribution >= 4 is 35.0 Å². The van der Waals surface area contributed by atoms with Crippen LogP contribution >= 0.6 is 23.4 Å². The number of nitrogens with zero attached hydrogens (tertiary/aromatic N) is 4. The number of aryl methyl sites for hydroxylation is 2. The number of carbonyl (C=O) groups is 1. The van der Waals surface area contributed by atoms with Crippen LogP contribution in [0.25, 0.3) is 11.3 Å². The van der Waals surface area contributed by atoms with Crippen LogP contribution in [0.4, 0.5) is 10.1 Å². The fraction of sp³-hybridized carbons (Fsp3) is 0.333. The molecule has 0 bridgehead atoms. The van der Waals surface area contributed by atoms with Gasteiger partial charge in [-0.15, -0.1) is 10.2 Å². The third kappa shape index (κ3) is 4.54. The predicted octanol–water partition coefficient (Wildman–Crippen LogP) is 6.14. The van der Waals surface area contributed by atoms with Crippen molar-refractivity contribution in [2.45, 2.75) is 46.0 Å². The van der Waals surface area contributed by atoms with Gasteiger partial charge in [-0.3, -0.25) is 9.69 Å². The fourth-order valence-electron chi connectivity index (χ4n) is 3.84. The second-order valence-electron chi connectivity index (χ2n) is 8.43. The average Bonchev–Trinajstić information content (AvgIpc) is 2.86. The molecule has 0 saturated carbocycles. The number of rotatable bonds is 4. The Bertz CT molecular complexity index is 1220. The number of halogens is 2. The van der Waals surface area contributed by atoms with Crippen LogP contribution in [0.5, 0.6) is 5.88 Å². The van der Waals surface area contributed by atoms with Gasteiger partial charge in [-0.1, -0.05) is 54.9 Å². The summed E-state index contributed by atoms with van der Waals surface area (Å²) in [7, 11) is 0. The molecular weight excluding hydrogens is 463 g/mol. The molecule has 3 aromatic rings. The minimum Gasteiger partial charge on any atom is -0.447 e. The van der Waals surface area contributed by atoms with E-state index in [4.69, 9.17) is 16.3 Å². The minimum atomic E-state index is -1.17. The number of aromatic nitrogens is 3. The Morgan fingerprint density at radius 2 is 2.03 bits per heavy atom. The molecule has 33 heavy (non-hydrogen) atoms. The number of amides is 1. The van der Waals surface area contributed by atoms with Crippen LogP contribution in [0.1, 0.15) is 43.7 Å². The van der Waals surface area contributed by atoms with Gasteiger partial charge in [-0.05, 0) is 43.5 Å². The number of hydrogen-bond donors (Lipinski definition) is 0. The number of ether oxygens (including phenoxy) is 1. The van der Waals surface area contributed by atoms with Gasteiger partial charge in [-0.2, -0.15) is 4.98 Å². The van der Waals surface area contributed by atoms with Crippen molar-refractivity contribution in [2.24, 2.45) is 5.92 Å². The molecule has 0 radical (unpaired) electrons. The van der Waals surface area contributed by atoms with E-state index in [0.29, 0.717) is 28.0 Å². The van der Waals surface area contributed by atoms with Gasteiger partial charge in [0.05, 0.1) is 16.3 Å². The molecule has 1 aromatic heterocycles. The van der Waals surface area contributed by atoms with Crippen LogP contribution in [0.3, 0.4) is 0 Å². The number of benzene rings is 2. The van der Waals surface area contributed by atoms with Gasteiger partial charge in [0.25, 0.3) is 0 Å². The van der Waals surface area contributed by atoms with Gasteiger partial charge in [-0.25, -0.2) is 4.39 Å². The number of thioether (sulfide) groups is 1. The van der Waals surface area contributed by atoms with E-state index in [2.05, 4.69) is 29.0 Å². The molecule has 0 fully saturated rings. The van der Waals surface area contributed by atoms with Crippen LogP contribution in [0.2, 0.25) is 5.02 Å². The largest absolute Gasteiger partial charge is 0.447 e. The molecule has 1 amide bonds. The summed E-state index contributed by atoms with van der Waals surface area (Å²) in [5.41, 5.74) is 3.45. The van der Waals surface area contributed by atoms with Gasteiger partial charge in [0.15, 0.2) is 5.69 Å². The SMILES string of the molecule is CC(=O)N1c2c(C)cc(C)cc2-c2nnc(SCC(C)C)nc2O[C@@H]1c1c(F)cccc1Cl. The van der Waals surface area contributed by atoms with E-state index in [1.54, 1.807) is 6.07 Å². The Labute approximate surface area is 201 Å². The van der Waals surface area contributed by atoms with Crippen LogP contribution in [0, 0.1) is 25.6 Å². The fourth-order valence-corrected chi connectivity index (χ4v) is 4.83. The first-order valence-electron chi connectivity index (χ1n) is 10.6. The first-order valence-corrected chi connectivity index (χ1v) is 11.9. The van der Waals surface area contributed by atoms with Gasteiger partial charge in [0, 0.05) is 18.2 Å². The number of anilines is 1. The number of carbonyl (C=O) groups excluding carboxylic acids is 1. The Morgan fingerprint density at radius 1 is 1.27 bits per heavy atom. The van der Waals surface area contributed by atoms with Gasteiger partial charge in [0.1, 0.15) is 5.82 Å². The van der Waals surface area contributed by atoms with Crippen LogP contribution in [-0.4, -0.2) is 26.8 Å². The summed E-state index contributed by atoms with van der Waals surface area (Å²) in [5, 5.41) is 9.31. The molecule has 0 spiro atoms. The van der Waals surface area contributed by atoms with Crippen LogP contribution in [-0.2, 0) is 4.79 Å². The molecule has 0 aliphatic carbocycles. The molecule has 172 valence electrons. The van der Waals surface area contributed by atoms with E-state index < -0.39 is 12.0 Å². The lowest BCUT2D eigenvalue weighted by Crippen LogP contribution is -2.37. The summed E-state index contributed by atoms with van der Waals surface area (Å²) in [5.74, 6) is 0.503. The summed E-state index contributed by atoms with van der Waals surface area (Å²) in [6.07, 6.45) is -1.17. The summed E-state index contributed by atoms with van der Waals surface area (Å²) in [6, 6.07) is 8.23. The minimum absolute atomic E-state index is 0.0585.